The molecule has 19 heavy (non-hydrogen) atoms. The SMILES string of the molecule is C=CCCCCCCCCCCCCC(=CC)CC. The summed E-state index contributed by atoms with van der Waals surface area (Å²) in [6, 6.07) is 0. The van der Waals surface area contributed by atoms with Crippen LogP contribution in [0.5, 0.6) is 0 Å². The average Bonchev–Trinajstić information content (AvgIpc) is 2.44. The highest BCUT2D eigenvalue weighted by atomic mass is 14.0. The lowest BCUT2D eigenvalue weighted by atomic mass is 10.0. The molecular weight excluding hydrogens is 228 g/mol. The Balaban J connectivity index is 3.08. The molecule has 0 amide bonds. The third-order valence-electron chi connectivity index (χ3n) is 4.02. The molecule has 0 saturated heterocycles. The van der Waals surface area contributed by atoms with E-state index in [-0.39, 0.29) is 0 Å². The predicted molar refractivity (Wildman–Crippen MR) is 89.6 cm³/mol. The minimum Gasteiger partial charge on any atom is -0.103 e. The summed E-state index contributed by atoms with van der Waals surface area (Å²) in [6.07, 6.45) is 22.3. The molecular formula is C19H36. The van der Waals surface area contributed by atoms with Gasteiger partial charge in [-0.25, -0.2) is 0 Å². The van der Waals surface area contributed by atoms with Crippen LogP contribution in [0.3, 0.4) is 0 Å². The van der Waals surface area contributed by atoms with Crippen LogP contribution < -0.4 is 0 Å². The van der Waals surface area contributed by atoms with E-state index in [2.05, 4.69) is 26.5 Å². The van der Waals surface area contributed by atoms with E-state index in [0.29, 0.717) is 0 Å². The number of hydrogen-bond acceptors (Lipinski definition) is 0. The van der Waals surface area contributed by atoms with Crippen molar-refractivity contribution in [2.24, 2.45) is 0 Å². The van der Waals surface area contributed by atoms with Crippen molar-refractivity contribution in [2.45, 2.75) is 97.3 Å². The molecule has 0 fully saturated rings. The highest BCUT2D eigenvalue weighted by Gasteiger charge is 1.95. The quantitative estimate of drug-likeness (QED) is 0.230. The first-order valence-electron chi connectivity index (χ1n) is 8.60. The maximum absolute atomic E-state index is 3.76. The average molecular weight is 264 g/mol. The van der Waals surface area contributed by atoms with Crippen molar-refractivity contribution < 1.29 is 0 Å². The molecule has 0 saturated carbocycles. The van der Waals surface area contributed by atoms with Crippen molar-refractivity contribution in [3.05, 3.63) is 24.3 Å². The third-order valence-corrected chi connectivity index (χ3v) is 4.02. The van der Waals surface area contributed by atoms with Gasteiger partial charge in [0.2, 0.25) is 0 Å². The molecule has 0 aliphatic heterocycles. The summed E-state index contributed by atoms with van der Waals surface area (Å²) in [5, 5.41) is 0. The lowest BCUT2D eigenvalue weighted by molar-refractivity contribution is 0.551. The summed E-state index contributed by atoms with van der Waals surface area (Å²) in [5.74, 6) is 0. The van der Waals surface area contributed by atoms with Crippen LogP contribution in [0.2, 0.25) is 0 Å². The van der Waals surface area contributed by atoms with Gasteiger partial charge in [0, 0.05) is 0 Å². The molecule has 0 heteroatoms. The number of hydrogen-bond donors (Lipinski definition) is 0. The zero-order valence-corrected chi connectivity index (χ0v) is 13.6. The Hall–Kier alpha value is -0.520. The van der Waals surface area contributed by atoms with Crippen molar-refractivity contribution in [1.29, 1.82) is 0 Å². The van der Waals surface area contributed by atoms with E-state index >= 15 is 0 Å². The molecule has 112 valence electrons. The number of rotatable bonds is 14. The van der Waals surface area contributed by atoms with Gasteiger partial charge in [-0.2, -0.15) is 0 Å². The molecule has 0 unspecified atom stereocenters. The van der Waals surface area contributed by atoms with Gasteiger partial charge in [-0.05, 0) is 39.0 Å². The summed E-state index contributed by atoms with van der Waals surface area (Å²) in [5.41, 5.74) is 1.64. The normalized spacial score (nSPS) is 11.8. The highest BCUT2D eigenvalue weighted by Crippen LogP contribution is 2.15. The van der Waals surface area contributed by atoms with Gasteiger partial charge in [-0.1, -0.05) is 76.0 Å². The van der Waals surface area contributed by atoms with Crippen LogP contribution >= 0.6 is 0 Å². The minimum atomic E-state index is 1.20. The van der Waals surface area contributed by atoms with Crippen molar-refractivity contribution in [2.75, 3.05) is 0 Å². The van der Waals surface area contributed by atoms with E-state index in [1.54, 1.807) is 5.57 Å². The summed E-state index contributed by atoms with van der Waals surface area (Å²) in [7, 11) is 0. The zero-order valence-electron chi connectivity index (χ0n) is 13.6. The fourth-order valence-corrected chi connectivity index (χ4v) is 2.58. The van der Waals surface area contributed by atoms with E-state index in [9.17, 15) is 0 Å². The molecule has 0 spiro atoms. The monoisotopic (exact) mass is 264 g/mol. The molecule has 0 bridgehead atoms. The fraction of sp³-hybridized carbons (Fsp3) is 0.789. The Morgan fingerprint density at radius 1 is 0.789 bits per heavy atom. The van der Waals surface area contributed by atoms with E-state index < -0.39 is 0 Å². The smallest absolute Gasteiger partial charge is 0.0321 e. The van der Waals surface area contributed by atoms with Crippen molar-refractivity contribution in [3.8, 4) is 0 Å². The summed E-state index contributed by atoms with van der Waals surface area (Å²) in [6.45, 7) is 8.20. The van der Waals surface area contributed by atoms with Gasteiger partial charge in [0.25, 0.3) is 0 Å². The second-order valence-corrected chi connectivity index (χ2v) is 5.66. The molecule has 0 aromatic rings. The van der Waals surface area contributed by atoms with E-state index in [1.807, 2.05) is 6.08 Å². The summed E-state index contributed by atoms with van der Waals surface area (Å²) < 4.78 is 0. The van der Waals surface area contributed by atoms with Crippen LogP contribution in [0.15, 0.2) is 24.3 Å². The van der Waals surface area contributed by atoms with Crippen LogP contribution in [-0.4, -0.2) is 0 Å². The van der Waals surface area contributed by atoms with Gasteiger partial charge in [0.05, 0.1) is 0 Å². The predicted octanol–water partition coefficient (Wildman–Crippen LogP) is 7.21. The number of allylic oxidation sites excluding steroid dienone is 3. The van der Waals surface area contributed by atoms with Gasteiger partial charge in [-0.15, -0.1) is 6.58 Å². The molecule has 0 nitrogen and oxygen atoms in total. The van der Waals surface area contributed by atoms with Gasteiger partial charge in [0.15, 0.2) is 0 Å². The molecule has 0 heterocycles. The Labute approximate surface area is 122 Å². The number of unbranched alkanes of at least 4 members (excludes halogenated alkanes) is 10. The maximum atomic E-state index is 3.76. The van der Waals surface area contributed by atoms with Gasteiger partial charge in [0.1, 0.15) is 0 Å². The molecule has 0 aromatic heterocycles. The third kappa shape index (κ3) is 13.7. The Bertz CT molecular complexity index is 212. The minimum absolute atomic E-state index is 1.20. The molecule has 0 N–H and O–H groups in total. The lowest BCUT2D eigenvalue weighted by Crippen LogP contribution is -1.84. The van der Waals surface area contributed by atoms with Crippen LogP contribution in [0, 0.1) is 0 Å². The molecule has 0 aliphatic carbocycles. The molecule has 0 radical (unpaired) electrons. The highest BCUT2D eigenvalue weighted by molar-refractivity contribution is 4.98. The lowest BCUT2D eigenvalue weighted by Gasteiger charge is -2.04. The Kier molecular flexibility index (Phi) is 15.1. The largest absolute Gasteiger partial charge is 0.103 e. The van der Waals surface area contributed by atoms with E-state index in [0.717, 1.165) is 0 Å². The van der Waals surface area contributed by atoms with E-state index in [4.69, 9.17) is 0 Å². The first-order valence-corrected chi connectivity index (χ1v) is 8.60. The molecule has 0 aliphatic rings. The first kappa shape index (κ1) is 18.5. The van der Waals surface area contributed by atoms with Crippen LogP contribution in [0.4, 0.5) is 0 Å². The van der Waals surface area contributed by atoms with Crippen molar-refractivity contribution >= 4 is 0 Å². The molecule has 0 rings (SSSR count). The molecule has 0 atom stereocenters. The first-order chi connectivity index (χ1) is 9.35. The maximum Gasteiger partial charge on any atom is -0.0321 e. The Morgan fingerprint density at radius 2 is 1.26 bits per heavy atom. The van der Waals surface area contributed by atoms with Crippen molar-refractivity contribution in [3.63, 3.8) is 0 Å². The van der Waals surface area contributed by atoms with E-state index in [1.165, 1.54) is 83.5 Å². The summed E-state index contributed by atoms with van der Waals surface area (Å²) >= 11 is 0. The second-order valence-electron chi connectivity index (χ2n) is 5.66. The van der Waals surface area contributed by atoms with Gasteiger partial charge in [-0.3, -0.25) is 0 Å². The topological polar surface area (TPSA) is 0 Å². The van der Waals surface area contributed by atoms with Gasteiger partial charge < -0.3 is 0 Å². The molecule has 0 aromatic carbocycles. The second kappa shape index (κ2) is 15.5. The van der Waals surface area contributed by atoms with Crippen molar-refractivity contribution in [1.82, 2.24) is 0 Å². The fourth-order valence-electron chi connectivity index (χ4n) is 2.58. The summed E-state index contributed by atoms with van der Waals surface area (Å²) in [4.78, 5) is 0. The van der Waals surface area contributed by atoms with Gasteiger partial charge >= 0.3 is 0 Å². The van der Waals surface area contributed by atoms with Crippen LogP contribution in [0.1, 0.15) is 97.3 Å². The zero-order chi connectivity index (χ0) is 14.2. The van der Waals surface area contributed by atoms with Crippen LogP contribution in [0.25, 0.3) is 0 Å². The van der Waals surface area contributed by atoms with Crippen LogP contribution in [-0.2, 0) is 0 Å². The Morgan fingerprint density at radius 3 is 1.68 bits per heavy atom. The standard InChI is InChI=1S/C19H36/c1-4-7-8-9-10-11-12-13-14-15-16-17-18-19(5-2)6-3/h4-5H,1,6-18H2,2-3H3.